The first-order valence-corrected chi connectivity index (χ1v) is 11.6. The second-order valence-electron chi connectivity index (χ2n) is 9.94. The summed E-state index contributed by atoms with van der Waals surface area (Å²) in [4.78, 5) is 29.6. The number of nitrogens with zero attached hydrogens (tertiary/aromatic N) is 6. The number of pyridine rings is 1. The topological polar surface area (TPSA) is 76.4 Å². The van der Waals surface area contributed by atoms with E-state index in [-0.39, 0.29) is 24.0 Å². The third kappa shape index (κ3) is 4.87. The number of rotatable bonds is 3. The number of anilines is 1. The van der Waals surface area contributed by atoms with Crippen LogP contribution in [-0.4, -0.2) is 61.3 Å². The average molecular weight is 503 g/mol. The minimum atomic E-state index is -4.50. The minimum Gasteiger partial charge on any atom is -0.444 e. The predicted molar refractivity (Wildman–Crippen MR) is 131 cm³/mol. The molecule has 1 aliphatic heterocycles. The Morgan fingerprint density at radius 2 is 1.86 bits per heavy atom. The highest BCUT2D eigenvalue weighted by Gasteiger charge is 2.36. The van der Waals surface area contributed by atoms with E-state index in [0.717, 1.165) is 18.3 Å². The van der Waals surface area contributed by atoms with Gasteiger partial charge in [-0.2, -0.15) is 13.2 Å². The third-order valence-electron chi connectivity index (χ3n) is 6.02. The van der Waals surface area contributed by atoms with E-state index in [1.54, 1.807) is 17.2 Å². The van der Waals surface area contributed by atoms with Crippen molar-refractivity contribution in [2.75, 3.05) is 18.0 Å². The molecule has 2 atom stereocenters. The second-order valence-corrected chi connectivity index (χ2v) is 9.94. The molecule has 192 valence electrons. The van der Waals surface area contributed by atoms with Gasteiger partial charge in [-0.15, -0.1) is 0 Å². The van der Waals surface area contributed by atoms with Gasteiger partial charge < -0.3 is 14.5 Å². The number of halogens is 3. The van der Waals surface area contributed by atoms with Crippen molar-refractivity contribution >= 4 is 29.0 Å². The van der Waals surface area contributed by atoms with Crippen LogP contribution in [0.1, 0.15) is 45.7 Å². The zero-order valence-electron chi connectivity index (χ0n) is 20.9. The fourth-order valence-corrected chi connectivity index (χ4v) is 4.34. The molecule has 1 amide bonds. The van der Waals surface area contributed by atoms with E-state index in [0.29, 0.717) is 35.5 Å². The van der Waals surface area contributed by atoms with Crippen LogP contribution in [-0.2, 0) is 10.9 Å². The van der Waals surface area contributed by atoms with Gasteiger partial charge in [0, 0.05) is 43.1 Å². The van der Waals surface area contributed by atoms with Crippen LogP contribution >= 0.6 is 0 Å². The smallest absolute Gasteiger partial charge is 0.416 e. The first kappa shape index (κ1) is 25.5. The van der Waals surface area contributed by atoms with Crippen LogP contribution in [0.4, 0.5) is 23.8 Å². The fourth-order valence-electron chi connectivity index (χ4n) is 4.34. The molecular weight excluding hydrogens is 473 g/mol. The molecule has 1 fully saturated rings. The maximum Gasteiger partial charge on any atom is 0.416 e. The number of fused-ring (bicyclic) bond motifs is 1. The van der Waals surface area contributed by atoms with Gasteiger partial charge in [0.05, 0.1) is 10.9 Å². The monoisotopic (exact) mass is 502 g/mol. The lowest BCUT2D eigenvalue weighted by Crippen LogP contribution is -2.59. The Morgan fingerprint density at radius 3 is 2.50 bits per heavy atom. The van der Waals surface area contributed by atoms with Gasteiger partial charge in [-0.3, -0.25) is 4.57 Å². The van der Waals surface area contributed by atoms with Crippen LogP contribution in [0, 0.1) is 0 Å². The van der Waals surface area contributed by atoms with E-state index in [1.807, 2.05) is 34.6 Å². The number of ether oxygens (including phenoxy) is 1. The van der Waals surface area contributed by atoms with E-state index < -0.39 is 17.3 Å². The molecular formula is C25H29F3N6O2. The van der Waals surface area contributed by atoms with Crippen molar-refractivity contribution in [3.63, 3.8) is 0 Å². The zero-order chi connectivity index (χ0) is 26.4. The summed E-state index contributed by atoms with van der Waals surface area (Å²) in [6.45, 7) is 14.2. The van der Waals surface area contributed by atoms with Crippen molar-refractivity contribution < 1.29 is 22.7 Å². The molecule has 0 radical (unpaired) electrons. The third-order valence-corrected chi connectivity index (χ3v) is 6.02. The van der Waals surface area contributed by atoms with Crippen molar-refractivity contribution in [1.82, 2.24) is 24.4 Å². The van der Waals surface area contributed by atoms with Crippen LogP contribution in [0.25, 0.3) is 22.9 Å². The molecule has 3 aromatic heterocycles. The summed E-state index contributed by atoms with van der Waals surface area (Å²) in [6.07, 6.45) is 0.906. The lowest BCUT2D eigenvalue weighted by atomic mass is 10.1. The van der Waals surface area contributed by atoms with Crippen molar-refractivity contribution in [3.05, 3.63) is 48.6 Å². The van der Waals surface area contributed by atoms with Crippen molar-refractivity contribution in [2.45, 2.75) is 58.5 Å². The van der Waals surface area contributed by atoms with Gasteiger partial charge in [0.2, 0.25) is 0 Å². The maximum absolute atomic E-state index is 13.3. The normalized spacial score (nSPS) is 19.0. The summed E-state index contributed by atoms with van der Waals surface area (Å²) < 4.78 is 47.0. The molecule has 8 nitrogen and oxygen atoms in total. The first-order valence-electron chi connectivity index (χ1n) is 11.6. The summed E-state index contributed by atoms with van der Waals surface area (Å²) in [5, 5.41) is 0.650. The van der Waals surface area contributed by atoms with E-state index in [2.05, 4.69) is 26.4 Å². The molecule has 36 heavy (non-hydrogen) atoms. The van der Waals surface area contributed by atoms with Crippen LogP contribution in [0.3, 0.4) is 0 Å². The number of amides is 1. The molecule has 0 saturated carbocycles. The molecule has 0 bridgehead atoms. The fraction of sp³-hybridized carbons (Fsp3) is 0.440. The molecule has 4 rings (SSSR count). The number of piperazine rings is 1. The number of carbonyl (C=O) groups is 1. The standard InChI is InChI=1S/C25H29F3N6O2/c1-7-17-13-34(19-10-18(8-9-29-19)25(26,27)28)22-20(17)21(30-14-31-22)32-11-16(3)33(12-15(32)2)23(35)36-24(4,5)6/h7-10,13-16H,1,11-12H2,2-6H3. The van der Waals surface area contributed by atoms with Crippen LogP contribution in [0.5, 0.6) is 0 Å². The van der Waals surface area contributed by atoms with Crippen molar-refractivity contribution in [2.24, 2.45) is 0 Å². The Bertz CT molecular complexity index is 1300. The van der Waals surface area contributed by atoms with Crippen LogP contribution in [0.2, 0.25) is 0 Å². The van der Waals surface area contributed by atoms with E-state index >= 15 is 0 Å². The zero-order valence-corrected chi connectivity index (χ0v) is 20.9. The van der Waals surface area contributed by atoms with Crippen LogP contribution in [0.15, 0.2) is 37.4 Å². The highest BCUT2D eigenvalue weighted by Crippen LogP contribution is 2.35. The Hall–Kier alpha value is -3.63. The van der Waals surface area contributed by atoms with Gasteiger partial charge in [-0.25, -0.2) is 19.7 Å². The van der Waals surface area contributed by atoms with Gasteiger partial charge >= 0.3 is 12.3 Å². The molecule has 0 aromatic carbocycles. The Labute approximate surface area is 207 Å². The minimum absolute atomic E-state index is 0.0868. The molecule has 11 heteroatoms. The highest BCUT2D eigenvalue weighted by molar-refractivity contribution is 5.96. The number of aromatic nitrogens is 4. The second kappa shape index (κ2) is 9.11. The molecule has 1 aliphatic rings. The SMILES string of the molecule is C=Cc1cn(-c2cc(C(F)(F)F)ccn2)c2ncnc(N3CC(C)N(C(=O)OC(C)(C)C)CC3C)c12. The maximum atomic E-state index is 13.3. The van der Waals surface area contributed by atoms with E-state index in [9.17, 15) is 18.0 Å². The number of carbonyl (C=O) groups excluding carboxylic acids is 1. The molecule has 1 saturated heterocycles. The lowest BCUT2D eigenvalue weighted by molar-refractivity contribution is -0.137. The number of hydrogen-bond donors (Lipinski definition) is 0. The summed E-state index contributed by atoms with van der Waals surface area (Å²) >= 11 is 0. The highest BCUT2D eigenvalue weighted by atomic mass is 19.4. The van der Waals surface area contributed by atoms with Crippen molar-refractivity contribution in [3.8, 4) is 5.82 Å². The van der Waals surface area contributed by atoms with Crippen LogP contribution < -0.4 is 4.90 Å². The Kier molecular flexibility index (Phi) is 6.44. The van der Waals surface area contributed by atoms with E-state index in [4.69, 9.17) is 4.74 Å². The molecule has 0 spiro atoms. The molecule has 0 aliphatic carbocycles. The quantitative estimate of drug-likeness (QED) is 0.483. The average Bonchev–Trinajstić information content (AvgIpc) is 3.18. The van der Waals surface area contributed by atoms with Gasteiger partial charge in [0.1, 0.15) is 23.6 Å². The first-order chi connectivity index (χ1) is 16.8. The largest absolute Gasteiger partial charge is 0.444 e. The summed E-state index contributed by atoms with van der Waals surface area (Å²) in [5.41, 5.74) is -0.329. The Balaban J connectivity index is 1.74. The number of hydrogen-bond acceptors (Lipinski definition) is 6. The summed E-state index contributed by atoms with van der Waals surface area (Å²) in [7, 11) is 0. The van der Waals surface area contributed by atoms with Gasteiger partial charge in [0.15, 0.2) is 5.65 Å². The summed E-state index contributed by atoms with van der Waals surface area (Å²) in [5.74, 6) is 0.701. The van der Waals surface area contributed by atoms with Crippen molar-refractivity contribution in [1.29, 1.82) is 0 Å². The predicted octanol–water partition coefficient (Wildman–Crippen LogP) is 5.31. The Morgan fingerprint density at radius 1 is 1.14 bits per heavy atom. The number of alkyl halides is 3. The molecule has 2 unspecified atom stereocenters. The van der Waals surface area contributed by atoms with Gasteiger partial charge in [-0.05, 0) is 46.8 Å². The molecule has 3 aromatic rings. The summed E-state index contributed by atoms with van der Waals surface area (Å²) in [6, 6.07) is 1.63. The lowest BCUT2D eigenvalue weighted by Gasteiger charge is -2.44. The molecule has 0 N–H and O–H groups in total. The van der Waals surface area contributed by atoms with Gasteiger partial charge in [-0.1, -0.05) is 12.7 Å². The van der Waals surface area contributed by atoms with E-state index in [1.165, 1.54) is 10.9 Å². The molecule has 4 heterocycles. The van der Waals surface area contributed by atoms with Gasteiger partial charge in [0.25, 0.3) is 0 Å².